The van der Waals surface area contributed by atoms with Crippen LogP contribution in [0.4, 0.5) is 4.79 Å². The molecule has 1 fully saturated rings. The topological polar surface area (TPSA) is 114 Å². The zero-order valence-corrected chi connectivity index (χ0v) is 19.1. The highest BCUT2D eigenvalue weighted by atomic mass is 16.5. The number of hydrogen-bond acceptors (Lipinski definition) is 5. The van der Waals surface area contributed by atoms with E-state index in [1.165, 1.54) is 22.4 Å². The summed E-state index contributed by atoms with van der Waals surface area (Å²) >= 11 is 0. The molecule has 0 radical (unpaired) electrons. The number of alkyl carbamates (subject to hydrolysis) is 1. The number of amides is 2. The smallest absolute Gasteiger partial charge is 0.407 e. The molecule has 2 aromatic carbocycles. The maximum atomic E-state index is 12.6. The predicted octanol–water partition coefficient (Wildman–Crippen LogP) is 3.11. The summed E-state index contributed by atoms with van der Waals surface area (Å²) in [5.74, 6) is -1.39. The number of aromatic nitrogens is 2. The first kappa shape index (κ1) is 22.6. The van der Waals surface area contributed by atoms with Crippen LogP contribution in [-0.2, 0) is 16.1 Å². The van der Waals surface area contributed by atoms with Crippen molar-refractivity contribution < 1.29 is 24.2 Å². The van der Waals surface area contributed by atoms with Crippen molar-refractivity contribution in [2.24, 2.45) is 0 Å². The largest absolute Gasteiger partial charge is 0.480 e. The molecule has 1 aliphatic heterocycles. The summed E-state index contributed by atoms with van der Waals surface area (Å²) in [6, 6.07) is 15.5. The molecule has 0 bridgehead atoms. The SMILES string of the molecule is O=C(NCCn1cnc(C(=O)N2CCC[C@@H]2C(=O)O)c1)OCC1c2ccccc2-c2ccccc21. The molecule has 1 aromatic heterocycles. The molecule has 5 rings (SSSR count). The molecule has 0 unspecified atom stereocenters. The quantitative estimate of drug-likeness (QED) is 0.544. The molecule has 1 saturated heterocycles. The molecule has 1 atom stereocenters. The van der Waals surface area contributed by atoms with E-state index in [2.05, 4.69) is 34.6 Å². The fourth-order valence-electron chi connectivity index (χ4n) is 4.94. The van der Waals surface area contributed by atoms with Crippen molar-refractivity contribution in [3.8, 4) is 11.1 Å². The maximum Gasteiger partial charge on any atom is 0.407 e. The van der Waals surface area contributed by atoms with E-state index in [-0.39, 0.29) is 18.2 Å². The lowest BCUT2D eigenvalue weighted by atomic mass is 9.98. The van der Waals surface area contributed by atoms with Gasteiger partial charge >= 0.3 is 12.1 Å². The van der Waals surface area contributed by atoms with E-state index in [0.717, 1.165) is 11.1 Å². The van der Waals surface area contributed by atoms with Crippen LogP contribution in [0.1, 0.15) is 40.4 Å². The third-order valence-corrected chi connectivity index (χ3v) is 6.63. The fourth-order valence-corrected chi connectivity index (χ4v) is 4.94. The van der Waals surface area contributed by atoms with E-state index < -0.39 is 24.0 Å². The van der Waals surface area contributed by atoms with E-state index in [4.69, 9.17) is 4.74 Å². The minimum absolute atomic E-state index is 0.00409. The first-order chi connectivity index (χ1) is 17.0. The van der Waals surface area contributed by atoms with Gasteiger partial charge in [-0.2, -0.15) is 0 Å². The molecule has 2 amide bonds. The van der Waals surface area contributed by atoms with Crippen LogP contribution in [-0.4, -0.2) is 63.3 Å². The Morgan fingerprint density at radius 3 is 2.43 bits per heavy atom. The highest BCUT2D eigenvalue weighted by molar-refractivity contribution is 5.95. The van der Waals surface area contributed by atoms with Crippen molar-refractivity contribution in [2.75, 3.05) is 19.7 Å². The minimum atomic E-state index is -0.998. The van der Waals surface area contributed by atoms with Gasteiger partial charge in [0.2, 0.25) is 0 Å². The van der Waals surface area contributed by atoms with Crippen LogP contribution in [0.2, 0.25) is 0 Å². The van der Waals surface area contributed by atoms with Gasteiger partial charge in [0.05, 0.1) is 6.33 Å². The number of ether oxygens (including phenoxy) is 1. The van der Waals surface area contributed by atoms with Crippen LogP contribution in [0.5, 0.6) is 0 Å². The van der Waals surface area contributed by atoms with Gasteiger partial charge in [-0.1, -0.05) is 48.5 Å². The lowest BCUT2D eigenvalue weighted by Gasteiger charge is -2.20. The van der Waals surface area contributed by atoms with Crippen molar-refractivity contribution in [1.29, 1.82) is 0 Å². The number of carboxylic acids is 1. The van der Waals surface area contributed by atoms with Gasteiger partial charge < -0.3 is 24.6 Å². The molecule has 0 spiro atoms. The number of hydrogen-bond donors (Lipinski definition) is 2. The number of carbonyl (C=O) groups excluding carboxylic acids is 2. The van der Waals surface area contributed by atoms with Crippen molar-refractivity contribution in [3.05, 3.63) is 77.9 Å². The number of benzene rings is 2. The van der Waals surface area contributed by atoms with E-state index in [1.807, 2.05) is 24.3 Å². The summed E-state index contributed by atoms with van der Waals surface area (Å²) in [7, 11) is 0. The van der Waals surface area contributed by atoms with Gasteiger partial charge in [-0.15, -0.1) is 0 Å². The molecule has 2 heterocycles. The average Bonchev–Trinajstić information content (AvgIpc) is 3.60. The number of carboxylic acid groups (broad SMARTS) is 1. The zero-order valence-electron chi connectivity index (χ0n) is 19.1. The number of imidazole rings is 1. The van der Waals surface area contributed by atoms with Crippen LogP contribution >= 0.6 is 0 Å². The van der Waals surface area contributed by atoms with Crippen molar-refractivity contribution in [2.45, 2.75) is 31.3 Å². The van der Waals surface area contributed by atoms with Crippen LogP contribution in [0, 0.1) is 0 Å². The van der Waals surface area contributed by atoms with Crippen molar-refractivity contribution in [3.63, 3.8) is 0 Å². The number of nitrogens with zero attached hydrogens (tertiary/aromatic N) is 3. The number of likely N-dealkylation sites (tertiary alicyclic amines) is 1. The Bertz CT molecular complexity index is 1220. The Hall–Kier alpha value is -4.14. The lowest BCUT2D eigenvalue weighted by Crippen LogP contribution is -2.40. The van der Waals surface area contributed by atoms with Crippen LogP contribution < -0.4 is 5.32 Å². The molecule has 9 nitrogen and oxygen atoms in total. The number of nitrogens with one attached hydrogen (secondary N) is 1. The van der Waals surface area contributed by atoms with Gasteiger partial charge in [-0.25, -0.2) is 14.6 Å². The summed E-state index contributed by atoms with van der Waals surface area (Å²) in [6.45, 7) is 1.34. The molecule has 2 aliphatic rings. The summed E-state index contributed by atoms with van der Waals surface area (Å²) in [5, 5.41) is 12.0. The summed E-state index contributed by atoms with van der Waals surface area (Å²) < 4.78 is 7.21. The highest BCUT2D eigenvalue weighted by Crippen LogP contribution is 2.44. The zero-order chi connectivity index (χ0) is 24.4. The Morgan fingerprint density at radius 2 is 1.74 bits per heavy atom. The van der Waals surface area contributed by atoms with Crippen molar-refractivity contribution in [1.82, 2.24) is 19.8 Å². The molecule has 180 valence electrons. The van der Waals surface area contributed by atoms with Crippen LogP contribution in [0.3, 0.4) is 0 Å². The van der Waals surface area contributed by atoms with E-state index in [9.17, 15) is 19.5 Å². The monoisotopic (exact) mass is 474 g/mol. The number of fused-ring (bicyclic) bond motifs is 3. The Balaban J connectivity index is 1.12. The van der Waals surface area contributed by atoms with Gasteiger partial charge in [0.1, 0.15) is 18.3 Å². The summed E-state index contributed by atoms with van der Waals surface area (Å²) in [6.07, 6.45) is 3.67. The molecule has 0 saturated carbocycles. The van der Waals surface area contributed by atoms with Crippen LogP contribution in [0.15, 0.2) is 61.1 Å². The van der Waals surface area contributed by atoms with Gasteiger partial charge in [0, 0.05) is 31.7 Å². The van der Waals surface area contributed by atoms with Gasteiger partial charge in [0.15, 0.2) is 0 Å². The molecule has 35 heavy (non-hydrogen) atoms. The highest BCUT2D eigenvalue weighted by Gasteiger charge is 2.35. The second-order valence-electron chi connectivity index (χ2n) is 8.74. The Kier molecular flexibility index (Phi) is 6.22. The first-order valence-electron chi connectivity index (χ1n) is 11.7. The predicted molar refractivity (Wildman–Crippen MR) is 127 cm³/mol. The fraction of sp³-hybridized carbons (Fsp3) is 0.308. The summed E-state index contributed by atoms with van der Waals surface area (Å²) in [4.78, 5) is 41.8. The van der Waals surface area contributed by atoms with E-state index >= 15 is 0 Å². The van der Waals surface area contributed by atoms with E-state index in [0.29, 0.717) is 32.5 Å². The number of rotatable bonds is 7. The van der Waals surface area contributed by atoms with Crippen molar-refractivity contribution >= 4 is 18.0 Å². The number of carbonyl (C=O) groups is 3. The standard InChI is InChI=1S/C26H26N4O5/c31-24(30-12-5-10-23(30)25(32)33)22-14-29(16-28-22)13-11-27-26(34)35-15-21-19-8-3-1-6-17(19)18-7-2-4-9-20(18)21/h1-4,6-9,14,16,21,23H,5,10-13,15H2,(H,27,34)(H,32,33)/t23-/m1/s1. The molecule has 1 aliphatic carbocycles. The molecule has 2 N–H and O–H groups in total. The molecule has 3 aromatic rings. The maximum absolute atomic E-state index is 12.6. The normalized spacial score (nSPS) is 16.6. The minimum Gasteiger partial charge on any atom is -0.480 e. The molecular weight excluding hydrogens is 448 g/mol. The lowest BCUT2D eigenvalue weighted by molar-refractivity contribution is -0.141. The van der Waals surface area contributed by atoms with Gasteiger partial charge in [0.25, 0.3) is 5.91 Å². The summed E-state index contributed by atoms with van der Waals surface area (Å²) in [5.41, 5.74) is 4.84. The third kappa shape index (κ3) is 4.49. The second kappa shape index (κ2) is 9.61. The molecule has 9 heteroatoms. The average molecular weight is 475 g/mol. The number of aliphatic carboxylic acids is 1. The third-order valence-electron chi connectivity index (χ3n) is 6.63. The van der Waals surface area contributed by atoms with Gasteiger partial charge in [-0.3, -0.25) is 4.79 Å². The Labute approximate surface area is 202 Å². The van der Waals surface area contributed by atoms with E-state index in [1.54, 1.807) is 10.8 Å². The van der Waals surface area contributed by atoms with Gasteiger partial charge in [-0.05, 0) is 35.1 Å². The Morgan fingerprint density at radius 1 is 1.06 bits per heavy atom. The second-order valence-corrected chi connectivity index (χ2v) is 8.74. The first-order valence-corrected chi connectivity index (χ1v) is 11.7. The molecular formula is C26H26N4O5. The van der Waals surface area contributed by atoms with Crippen LogP contribution in [0.25, 0.3) is 11.1 Å².